The zero-order valence-electron chi connectivity index (χ0n) is 16.0. The van der Waals surface area contributed by atoms with E-state index >= 15 is 0 Å². The molecule has 1 fully saturated rings. The maximum Gasteiger partial charge on any atom is 0.325 e. The Morgan fingerprint density at radius 1 is 0.929 bits per heavy atom. The fraction of sp³-hybridized carbons (Fsp3) is 0.409. The zero-order valence-corrected chi connectivity index (χ0v) is 16.0. The molecular weight excluding hydrogens is 358 g/mol. The van der Waals surface area contributed by atoms with Crippen molar-refractivity contribution < 1.29 is 23.7 Å². The van der Waals surface area contributed by atoms with Crippen LogP contribution in [0.2, 0.25) is 0 Å². The lowest BCUT2D eigenvalue weighted by Gasteiger charge is -2.30. The Morgan fingerprint density at radius 3 is 2.11 bits per heavy atom. The number of carbonyl (C=O) groups excluding carboxylic acids is 1. The van der Waals surface area contributed by atoms with Crippen molar-refractivity contribution in [2.75, 3.05) is 13.2 Å². The van der Waals surface area contributed by atoms with Gasteiger partial charge in [0.15, 0.2) is 0 Å². The summed E-state index contributed by atoms with van der Waals surface area (Å²) >= 11 is 0. The third kappa shape index (κ3) is 5.87. The van der Waals surface area contributed by atoms with Gasteiger partial charge in [0.05, 0.1) is 26.4 Å². The second-order valence-electron chi connectivity index (χ2n) is 6.88. The van der Waals surface area contributed by atoms with E-state index in [2.05, 4.69) is 0 Å². The molecule has 2 N–H and O–H groups in total. The van der Waals surface area contributed by atoms with Crippen molar-refractivity contribution in [3.63, 3.8) is 0 Å². The van der Waals surface area contributed by atoms with Crippen molar-refractivity contribution in [1.82, 2.24) is 0 Å². The van der Waals surface area contributed by atoms with Gasteiger partial charge < -0.3 is 24.7 Å². The largest absolute Gasteiger partial charge is 0.459 e. The number of nitrogens with two attached hydrogens (primary N) is 1. The Bertz CT molecular complexity index is 724. The van der Waals surface area contributed by atoms with Gasteiger partial charge in [0.2, 0.25) is 0 Å². The summed E-state index contributed by atoms with van der Waals surface area (Å²) in [6.45, 7) is 2.94. The van der Waals surface area contributed by atoms with Crippen molar-refractivity contribution in [2.24, 2.45) is 5.73 Å². The van der Waals surface area contributed by atoms with E-state index in [0.29, 0.717) is 13.2 Å². The van der Waals surface area contributed by atoms with Crippen LogP contribution in [0.15, 0.2) is 60.7 Å². The van der Waals surface area contributed by atoms with Gasteiger partial charge >= 0.3 is 5.97 Å². The molecule has 1 saturated heterocycles. The van der Waals surface area contributed by atoms with Gasteiger partial charge in [-0.2, -0.15) is 0 Å². The molecule has 2 aromatic carbocycles. The fourth-order valence-corrected chi connectivity index (χ4v) is 3.04. The second-order valence-corrected chi connectivity index (χ2v) is 6.88. The summed E-state index contributed by atoms with van der Waals surface area (Å²) in [4.78, 5) is 12.1. The number of carbonyl (C=O) groups is 1. The molecule has 0 amide bonds. The lowest BCUT2D eigenvalue weighted by atomic mass is 10.1. The molecule has 1 heterocycles. The van der Waals surface area contributed by atoms with E-state index in [0.717, 1.165) is 11.1 Å². The summed E-state index contributed by atoms with van der Waals surface area (Å²) in [7, 11) is 0. The average Bonchev–Trinajstić information content (AvgIpc) is 2.76. The second kappa shape index (κ2) is 10.3. The van der Waals surface area contributed by atoms with Gasteiger partial charge in [-0.1, -0.05) is 60.7 Å². The number of hydrogen-bond acceptors (Lipinski definition) is 6. The van der Waals surface area contributed by atoms with Crippen molar-refractivity contribution in [3.8, 4) is 0 Å². The molecule has 3 rings (SSSR count). The highest BCUT2D eigenvalue weighted by atomic mass is 16.6. The predicted octanol–water partition coefficient (Wildman–Crippen LogP) is 2.45. The third-order valence-corrected chi connectivity index (χ3v) is 4.61. The highest BCUT2D eigenvalue weighted by molar-refractivity contribution is 5.75. The molecule has 28 heavy (non-hydrogen) atoms. The van der Waals surface area contributed by atoms with Crippen molar-refractivity contribution in [2.45, 2.75) is 44.5 Å². The van der Waals surface area contributed by atoms with E-state index in [1.54, 1.807) is 6.92 Å². The van der Waals surface area contributed by atoms with Crippen molar-refractivity contribution in [3.05, 3.63) is 71.8 Å². The van der Waals surface area contributed by atoms with E-state index in [1.807, 2.05) is 60.7 Å². The van der Waals surface area contributed by atoms with Crippen LogP contribution in [0, 0.1) is 0 Å². The monoisotopic (exact) mass is 385 g/mol. The Hall–Kier alpha value is -2.25. The van der Waals surface area contributed by atoms with Crippen LogP contribution in [0.5, 0.6) is 0 Å². The molecular formula is C22H27NO5. The zero-order chi connectivity index (χ0) is 19.8. The van der Waals surface area contributed by atoms with Gasteiger partial charge in [-0.05, 0) is 18.1 Å². The molecule has 0 unspecified atom stereocenters. The normalized spacial score (nSPS) is 26.0. The molecule has 0 radical (unpaired) electrons. The quantitative estimate of drug-likeness (QED) is 0.770. The lowest BCUT2D eigenvalue weighted by molar-refractivity contribution is -0.170. The lowest BCUT2D eigenvalue weighted by Crippen LogP contribution is -2.44. The number of ether oxygens (including phenoxy) is 4. The van der Waals surface area contributed by atoms with E-state index < -0.39 is 30.3 Å². The summed E-state index contributed by atoms with van der Waals surface area (Å²) < 4.78 is 23.4. The minimum atomic E-state index is -0.815. The molecule has 0 bridgehead atoms. The molecule has 150 valence electrons. The van der Waals surface area contributed by atoms with Gasteiger partial charge in [0, 0.05) is 0 Å². The summed E-state index contributed by atoms with van der Waals surface area (Å²) in [5.74, 6) is -0.496. The number of hydrogen-bond donors (Lipinski definition) is 1. The van der Waals surface area contributed by atoms with Gasteiger partial charge in [0.25, 0.3) is 0 Å². The SMILES string of the molecule is C[C@@H]1OC(=O)[C@@H](N)COC[C@H](OCc2ccccc2)[C@H]1OCc1ccccc1. The molecule has 0 aromatic heterocycles. The van der Waals surface area contributed by atoms with Gasteiger partial charge in [0.1, 0.15) is 24.4 Å². The maximum absolute atomic E-state index is 12.1. The summed E-state index contributed by atoms with van der Waals surface area (Å²) in [6.07, 6.45) is -1.42. The Morgan fingerprint density at radius 2 is 1.50 bits per heavy atom. The van der Waals surface area contributed by atoms with Crippen molar-refractivity contribution >= 4 is 5.97 Å². The minimum Gasteiger partial charge on any atom is -0.459 e. The molecule has 1 aliphatic heterocycles. The van der Waals surface area contributed by atoms with Crippen LogP contribution >= 0.6 is 0 Å². The Balaban J connectivity index is 1.72. The van der Waals surface area contributed by atoms with E-state index in [4.69, 9.17) is 24.7 Å². The Kier molecular flexibility index (Phi) is 7.56. The fourth-order valence-electron chi connectivity index (χ4n) is 3.04. The van der Waals surface area contributed by atoms with Crippen molar-refractivity contribution in [1.29, 1.82) is 0 Å². The number of rotatable bonds is 6. The number of esters is 1. The highest BCUT2D eigenvalue weighted by Crippen LogP contribution is 2.19. The highest BCUT2D eigenvalue weighted by Gasteiger charge is 2.34. The Labute approximate surface area is 165 Å². The minimum absolute atomic E-state index is 0.0855. The molecule has 0 spiro atoms. The molecule has 0 aliphatic carbocycles. The van der Waals surface area contributed by atoms with Crippen LogP contribution in [-0.2, 0) is 37.0 Å². The van der Waals surface area contributed by atoms with Gasteiger partial charge in [-0.25, -0.2) is 0 Å². The number of benzene rings is 2. The molecule has 1 aliphatic rings. The molecule has 0 saturated carbocycles. The van der Waals surface area contributed by atoms with E-state index in [1.165, 1.54) is 0 Å². The van der Waals surface area contributed by atoms with Crippen LogP contribution in [0.4, 0.5) is 0 Å². The standard InChI is InChI=1S/C22H27NO5/c1-16-21(27-13-18-10-6-3-7-11-18)20(15-25-14-19(23)22(24)28-16)26-12-17-8-4-2-5-9-17/h2-11,16,19-21H,12-15,23H2,1H3/t16-,19-,20-,21-/m0/s1. The van der Waals surface area contributed by atoms with Crippen LogP contribution in [0.3, 0.4) is 0 Å². The van der Waals surface area contributed by atoms with Crippen LogP contribution in [0.25, 0.3) is 0 Å². The topological polar surface area (TPSA) is 80.0 Å². The summed E-state index contributed by atoms with van der Waals surface area (Å²) in [5, 5.41) is 0. The van der Waals surface area contributed by atoms with E-state index in [-0.39, 0.29) is 13.2 Å². The smallest absolute Gasteiger partial charge is 0.325 e. The molecule has 4 atom stereocenters. The first-order valence-electron chi connectivity index (χ1n) is 9.48. The first-order valence-corrected chi connectivity index (χ1v) is 9.48. The molecule has 6 nitrogen and oxygen atoms in total. The van der Waals surface area contributed by atoms with Crippen LogP contribution < -0.4 is 5.73 Å². The summed E-state index contributed by atoms with van der Waals surface area (Å²) in [5.41, 5.74) is 7.89. The van der Waals surface area contributed by atoms with Crippen LogP contribution in [-0.4, -0.2) is 43.5 Å². The molecule has 2 aromatic rings. The maximum atomic E-state index is 12.1. The van der Waals surface area contributed by atoms with Crippen LogP contribution in [0.1, 0.15) is 18.1 Å². The number of cyclic esters (lactones) is 1. The molecule has 6 heteroatoms. The van der Waals surface area contributed by atoms with Gasteiger partial charge in [-0.15, -0.1) is 0 Å². The first kappa shape index (κ1) is 20.5. The summed E-state index contributed by atoms with van der Waals surface area (Å²) in [6, 6.07) is 18.9. The first-order chi connectivity index (χ1) is 13.6. The van der Waals surface area contributed by atoms with E-state index in [9.17, 15) is 4.79 Å². The predicted molar refractivity (Wildman–Crippen MR) is 104 cm³/mol. The third-order valence-electron chi connectivity index (χ3n) is 4.61. The van der Waals surface area contributed by atoms with Gasteiger partial charge in [-0.3, -0.25) is 4.79 Å². The average molecular weight is 385 g/mol.